The van der Waals surface area contributed by atoms with Crippen molar-refractivity contribution in [2.45, 2.75) is 50.8 Å². The standard InChI is InChI=1S/C22H28N2O3/c1-22(23,17-10-4-3-5-11-17)21(25)24-15-16-9-8-14-19(26-2)20(16)27-18-12-6-7-13-18/h3-5,8-11,14,18H,6-7,12-13,15,23H2,1-2H3,(H,24,25). The smallest absolute Gasteiger partial charge is 0.244 e. The highest BCUT2D eigenvalue weighted by molar-refractivity contribution is 5.87. The largest absolute Gasteiger partial charge is 0.493 e. The average molecular weight is 368 g/mol. The normalized spacial score (nSPS) is 16.6. The molecule has 0 aliphatic heterocycles. The fraction of sp³-hybridized carbons (Fsp3) is 0.409. The van der Waals surface area contributed by atoms with Crippen molar-refractivity contribution in [1.82, 2.24) is 5.32 Å². The molecule has 0 spiro atoms. The van der Waals surface area contributed by atoms with Crippen LogP contribution in [0.25, 0.3) is 0 Å². The summed E-state index contributed by atoms with van der Waals surface area (Å²) in [6.45, 7) is 2.05. The van der Waals surface area contributed by atoms with E-state index >= 15 is 0 Å². The Kier molecular flexibility index (Phi) is 6.01. The third kappa shape index (κ3) is 4.42. The van der Waals surface area contributed by atoms with Crippen molar-refractivity contribution >= 4 is 5.91 Å². The summed E-state index contributed by atoms with van der Waals surface area (Å²) in [5, 5.41) is 2.95. The third-order valence-corrected chi connectivity index (χ3v) is 5.15. The minimum absolute atomic E-state index is 0.208. The Morgan fingerprint density at radius 2 is 1.85 bits per heavy atom. The quantitative estimate of drug-likeness (QED) is 0.784. The molecule has 0 aromatic heterocycles. The molecule has 1 saturated carbocycles. The summed E-state index contributed by atoms with van der Waals surface area (Å²) < 4.78 is 11.7. The predicted molar refractivity (Wildman–Crippen MR) is 106 cm³/mol. The van der Waals surface area contributed by atoms with E-state index < -0.39 is 5.54 Å². The first kappa shape index (κ1) is 19.2. The molecule has 144 valence electrons. The molecule has 0 heterocycles. The van der Waals surface area contributed by atoms with Crippen LogP contribution < -0.4 is 20.5 Å². The van der Waals surface area contributed by atoms with E-state index in [1.165, 1.54) is 12.8 Å². The van der Waals surface area contributed by atoms with Crippen molar-refractivity contribution in [3.8, 4) is 11.5 Å². The highest BCUT2D eigenvalue weighted by Gasteiger charge is 2.30. The molecule has 27 heavy (non-hydrogen) atoms. The number of carbonyl (C=O) groups excluding carboxylic acids is 1. The van der Waals surface area contributed by atoms with Crippen LogP contribution in [0, 0.1) is 0 Å². The van der Waals surface area contributed by atoms with Crippen molar-refractivity contribution in [1.29, 1.82) is 0 Å². The molecule has 2 aromatic carbocycles. The van der Waals surface area contributed by atoms with Gasteiger partial charge in [-0.15, -0.1) is 0 Å². The minimum Gasteiger partial charge on any atom is -0.493 e. The van der Waals surface area contributed by atoms with Crippen LogP contribution in [0.4, 0.5) is 0 Å². The number of ether oxygens (including phenoxy) is 2. The van der Waals surface area contributed by atoms with E-state index in [9.17, 15) is 4.79 Å². The first-order valence-corrected chi connectivity index (χ1v) is 9.47. The number of para-hydroxylation sites is 1. The third-order valence-electron chi connectivity index (χ3n) is 5.15. The van der Waals surface area contributed by atoms with Gasteiger partial charge in [0.05, 0.1) is 13.2 Å². The second kappa shape index (κ2) is 8.44. The summed E-state index contributed by atoms with van der Waals surface area (Å²) >= 11 is 0. The van der Waals surface area contributed by atoms with E-state index in [0.29, 0.717) is 18.0 Å². The van der Waals surface area contributed by atoms with Crippen molar-refractivity contribution < 1.29 is 14.3 Å². The lowest BCUT2D eigenvalue weighted by Crippen LogP contribution is -2.48. The van der Waals surface area contributed by atoms with Crippen LogP contribution in [0.1, 0.15) is 43.7 Å². The van der Waals surface area contributed by atoms with E-state index in [1.807, 2.05) is 48.5 Å². The maximum atomic E-state index is 12.7. The Bertz CT molecular complexity index is 768. The van der Waals surface area contributed by atoms with Crippen LogP contribution in [0.15, 0.2) is 48.5 Å². The fourth-order valence-electron chi connectivity index (χ4n) is 3.44. The summed E-state index contributed by atoms with van der Waals surface area (Å²) in [6, 6.07) is 15.1. The highest BCUT2D eigenvalue weighted by Crippen LogP contribution is 2.35. The molecule has 0 radical (unpaired) electrons. The van der Waals surface area contributed by atoms with Gasteiger partial charge in [0, 0.05) is 12.1 Å². The van der Waals surface area contributed by atoms with E-state index in [4.69, 9.17) is 15.2 Å². The summed E-state index contributed by atoms with van der Waals surface area (Å²) in [4.78, 5) is 12.7. The molecule has 1 fully saturated rings. The van der Waals surface area contributed by atoms with Crippen molar-refractivity contribution in [2.75, 3.05) is 7.11 Å². The van der Waals surface area contributed by atoms with Gasteiger partial charge < -0.3 is 20.5 Å². The predicted octanol–water partition coefficient (Wildman–Crippen LogP) is 3.51. The van der Waals surface area contributed by atoms with Gasteiger partial charge in [0.1, 0.15) is 5.54 Å². The van der Waals surface area contributed by atoms with Crippen molar-refractivity contribution in [2.24, 2.45) is 5.73 Å². The van der Waals surface area contributed by atoms with Gasteiger partial charge in [-0.05, 0) is 44.2 Å². The van der Waals surface area contributed by atoms with Crippen LogP contribution in [0.3, 0.4) is 0 Å². The number of amides is 1. The van der Waals surface area contributed by atoms with Gasteiger partial charge in [-0.2, -0.15) is 0 Å². The molecule has 1 unspecified atom stereocenters. The molecule has 1 aliphatic carbocycles. The lowest BCUT2D eigenvalue weighted by atomic mass is 9.92. The number of benzene rings is 2. The molecule has 2 aromatic rings. The molecule has 3 rings (SSSR count). The zero-order valence-corrected chi connectivity index (χ0v) is 16.0. The first-order valence-electron chi connectivity index (χ1n) is 9.47. The van der Waals surface area contributed by atoms with Crippen LogP contribution in [-0.2, 0) is 16.9 Å². The number of nitrogens with two attached hydrogens (primary N) is 1. The Labute approximate surface area is 160 Å². The Hall–Kier alpha value is -2.53. The summed E-state index contributed by atoms with van der Waals surface area (Å²) in [6.07, 6.45) is 4.69. The second-order valence-corrected chi connectivity index (χ2v) is 7.22. The van der Waals surface area contributed by atoms with E-state index in [2.05, 4.69) is 5.32 Å². The molecule has 5 heteroatoms. The number of rotatable bonds is 7. The summed E-state index contributed by atoms with van der Waals surface area (Å²) in [7, 11) is 1.63. The number of hydrogen-bond acceptors (Lipinski definition) is 4. The van der Waals surface area contributed by atoms with Crippen molar-refractivity contribution in [3.05, 3.63) is 59.7 Å². The van der Waals surface area contributed by atoms with E-state index in [1.54, 1.807) is 14.0 Å². The molecule has 1 atom stereocenters. The molecular formula is C22H28N2O3. The van der Waals surface area contributed by atoms with Gasteiger partial charge in [0.2, 0.25) is 5.91 Å². The van der Waals surface area contributed by atoms with Gasteiger partial charge >= 0.3 is 0 Å². The van der Waals surface area contributed by atoms with Crippen LogP contribution in [0.5, 0.6) is 11.5 Å². The monoisotopic (exact) mass is 368 g/mol. The van der Waals surface area contributed by atoms with E-state index in [0.717, 1.165) is 24.0 Å². The average Bonchev–Trinajstić information content (AvgIpc) is 3.20. The van der Waals surface area contributed by atoms with Crippen LogP contribution in [0.2, 0.25) is 0 Å². The molecule has 1 aliphatic rings. The molecular weight excluding hydrogens is 340 g/mol. The first-order chi connectivity index (χ1) is 13.0. The minimum atomic E-state index is -1.10. The zero-order chi connectivity index (χ0) is 19.3. The number of hydrogen-bond donors (Lipinski definition) is 2. The SMILES string of the molecule is COc1cccc(CNC(=O)C(C)(N)c2ccccc2)c1OC1CCCC1. The number of carbonyl (C=O) groups is 1. The van der Waals surface area contributed by atoms with Gasteiger partial charge in [-0.1, -0.05) is 42.5 Å². The van der Waals surface area contributed by atoms with Crippen molar-refractivity contribution in [3.63, 3.8) is 0 Å². The molecule has 3 N–H and O–H groups in total. The Morgan fingerprint density at radius 3 is 2.52 bits per heavy atom. The second-order valence-electron chi connectivity index (χ2n) is 7.22. The summed E-state index contributed by atoms with van der Waals surface area (Å²) in [5.41, 5.74) is 6.86. The number of nitrogens with one attached hydrogen (secondary N) is 1. The van der Waals surface area contributed by atoms with Gasteiger partial charge in [-0.3, -0.25) is 4.79 Å². The zero-order valence-electron chi connectivity index (χ0n) is 16.0. The van der Waals surface area contributed by atoms with Crippen LogP contribution in [-0.4, -0.2) is 19.1 Å². The Morgan fingerprint density at radius 1 is 1.15 bits per heavy atom. The maximum absolute atomic E-state index is 12.7. The summed E-state index contributed by atoms with van der Waals surface area (Å²) in [5.74, 6) is 1.17. The lowest BCUT2D eigenvalue weighted by Gasteiger charge is -2.25. The Balaban J connectivity index is 1.74. The number of methoxy groups -OCH3 is 1. The van der Waals surface area contributed by atoms with E-state index in [-0.39, 0.29) is 12.0 Å². The molecule has 0 saturated heterocycles. The lowest BCUT2D eigenvalue weighted by molar-refractivity contribution is -0.126. The molecule has 1 amide bonds. The topological polar surface area (TPSA) is 73.6 Å². The van der Waals surface area contributed by atoms with Gasteiger partial charge in [-0.25, -0.2) is 0 Å². The van der Waals surface area contributed by atoms with Gasteiger partial charge in [0.25, 0.3) is 0 Å². The maximum Gasteiger partial charge on any atom is 0.244 e. The van der Waals surface area contributed by atoms with Crippen LogP contribution >= 0.6 is 0 Å². The molecule has 5 nitrogen and oxygen atoms in total. The fourth-order valence-corrected chi connectivity index (χ4v) is 3.44. The van der Waals surface area contributed by atoms with Gasteiger partial charge in [0.15, 0.2) is 11.5 Å². The highest BCUT2D eigenvalue weighted by atomic mass is 16.5. The molecule has 0 bridgehead atoms.